The molecule has 3 aliphatic carbocycles. The Morgan fingerprint density at radius 1 is 0.667 bits per heavy atom. The summed E-state index contributed by atoms with van der Waals surface area (Å²) in [4.78, 5) is 0. The van der Waals surface area contributed by atoms with Crippen molar-refractivity contribution >= 4 is 6.08 Å². The van der Waals surface area contributed by atoms with Crippen LogP contribution in [-0.4, -0.2) is 0 Å². The molecule has 0 N–H and O–H groups in total. The molecule has 3 aromatic rings. The second-order valence-corrected chi connectivity index (χ2v) is 7.33. The van der Waals surface area contributed by atoms with E-state index in [4.69, 9.17) is 0 Å². The molecule has 0 bridgehead atoms. The topological polar surface area (TPSA) is 0 Å². The van der Waals surface area contributed by atoms with Gasteiger partial charge in [-0.3, -0.25) is 0 Å². The Labute approximate surface area is 142 Å². The van der Waals surface area contributed by atoms with Gasteiger partial charge in [0.15, 0.2) is 0 Å². The number of allylic oxidation sites excluding steroid dienone is 1. The Morgan fingerprint density at radius 2 is 1.46 bits per heavy atom. The summed E-state index contributed by atoms with van der Waals surface area (Å²) in [5.74, 6) is 0.427. The highest BCUT2D eigenvalue weighted by Crippen LogP contribution is 2.48. The van der Waals surface area contributed by atoms with Crippen molar-refractivity contribution in [3.8, 4) is 0 Å². The first-order valence-corrected chi connectivity index (χ1v) is 8.89. The lowest BCUT2D eigenvalue weighted by molar-refractivity contribution is 0.822. The van der Waals surface area contributed by atoms with Gasteiger partial charge in [0, 0.05) is 5.92 Å². The van der Waals surface area contributed by atoms with Crippen LogP contribution >= 0.6 is 0 Å². The molecule has 6 rings (SSSR count). The van der Waals surface area contributed by atoms with E-state index in [2.05, 4.69) is 66.7 Å². The molecule has 0 nitrogen and oxygen atoms in total. The second-order valence-electron chi connectivity index (χ2n) is 7.33. The molecule has 0 aromatic heterocycles. The van der Waals surface area contributed by atoms with Crippen molar-refractivity contribution in [1.82, 2.24) is 0 Å². The van der Waals surface area contributed by atoms with Crippen molar-refractivity contribution < 1.29 is 0 Å². The highest BCUT2D eigenvalue weighted by molar-refractivity contribution is 5.68. The Hall–Kier alpha value is -2.60. The molecule has 1 atom stereocenters. The third kappa shape index (κ3) is 1.58. The lowest BCUT2D eigenvalue weighted by Crippen LogP contribution is -2.22. The lowest BCUT2D eigenvalue weighted by Gasteiger charge is -2.36. The molecule has 1 unspecified atom stereocenters. The van der Waals surface area contributed by atoms with Gasteiger partial charge in [-0.15, -0.1) is 0 Å². The molecule has 3 aromatic carbocycles. The van der Waals surface area contributed by atoms with Crippen LogP contribution in [0.2, 0.25) is 0 Å². The summed E-state index contributed by atoms with van der Waals surface area (Å²) < 4.78 is 0. The largest absolute Gasteiger partial charge is 0.0795 e. The van der Waals surface area contributed by atoms with Gasteiger partial charge in [0.05, 0.1) is 0 Å². The SMILES string of the molecule is C1=Cc2cc3c(cc2C1)C1c2ccccc2Cc2cccc(c21)C3. The first kappa shape index (κ1) is 12.8. The van der Waals surface area contributed by atoms with Crippen LogP contribution in [0.4, 0.5) is 0 Å². The maximum atomic E-state index is 2.50. The van der Waals surface area contributed by atoms with E-state index in [-0.39, 0.29) is 0 Å². The van der Waals surface area contributed by atoms with Crippen LogP contribution in [0.5, 0.6) is 0 Å². The zero-order chi connectivity index (χ0) is 15.7. The number of hydrogen-bond donors (Lipinski definition) is 0. The van der Waals surface area contributed by atoms with Crippen molar-refractivity contribution in [1.29, 1.82) is 0 Å². The fraction of sp³-hybridized carbons (Fsp3) is 0.167. The second kappa shape index (κ2) is 4.48. The van der Waals surface area contributed by atoms with Crippen molar-refractivity contribution in [3.63, 3.8) is 0 Å². The van der Waals surface area contributed by atoms with E-state index in [1.807, 2.05) is 0 Å². The van der Waals surface area contributed by atoms with E-state index in [0.717, 1.165) is 19.3 Å². The van der Waals surface area contributed by atoms with E-state index in [1.54, 1.807) is 11.1 Å². The number of fused-ring (bicyclic) bond motifs is 5. The maximum Gasteiger partial charge on any atom is 0.0351 e. The minimum absolute atomic E-state index is 0.427. The molecule has 114 valence electrons. The summed E-state index contributed by atoms with van der Waals surface area (Å²) >= 11 is 0. The van der Waals surface area contributed by atoms with Gasteiger partial charge in [-0.05, 0) is 69.3 Å². The van der Waals surface area contributed by atoms with Crippen molar-refractivity contribution in [2.24, 2.45) is 0 Å². The zero-order valence-corrected chi connectivity index (χ0v) is 13.5. The molecule has 0 fully saturated rings. The van der Waals surface area contributed by atoms with E-state index in [0.29, 0.717) is 5.92 Å². The Bertz CT molecular complexity index is 1040. The molecular formula is C24H18. The molecule has 0 amide bonds. The summed E-state index contributed by atoms with van der Waals surface area (Å²) in [6.45, 7) is 0. The highest BCUT2D eigenvalue weighted by Gasteiger charge is 2.33. The summed E-state index contributed by atoms with van der Waals surface area (Å²) in [7, 11) is 0. The molecule has 0 radical (unpaired) electrons. The van der Waals surface area contributed by atoms with Crippen LogP contribution in [0.15, 0.2) is 60.7 Å². The van der Waals surface area contributed by atoms with Gasteiger partial charge in [0.25, 0.3) is 0 Å². The quantitative estimate of drug-likeness (QED) is 0.367. The third-order valence-electron chi connectivity index (χ3n) is 6.05. The monoisotopic (exact) mass is 306 g/mol. The van der Waals surface area contributed by atoms with E-state index in [1.165, 1.54) is 38.9 Å². The Kier molecular flexibility index (Phi) is 2.38. The standard InChI is InChI=1S/C24H18/c1-2-10-21-17(5-1)12-18-8-4-9-19-13-20-11-15-6-3-7-16(15)14-22(20)24(21)23(18)19/h1-6,8-11,14,24H,7,12-13H2. The number of hydrogen-bond acceptors (Lipinski definition) is 0. The smallest absolute Gasteiger partial charge is 0.0351 e. The van der Waals surface area contributed by atoms with Crippen molar-refractivity contribution in [2.45, 2.75) is 25.2 Å². The predicted molar refractivity (Wildman–Crippen MR) is 98.6 cm³/mol. The van der Waals surface area contributed by atoms with E-state index < -0.39 is 0 Å². The molecule has 0 saturated carbocycles. The third-order valence-corrected chi connectivity index (χ3v) is 6.05. The van der Waals surface area contributed by atoms with Crippen molar-refractivity contribution in [3.05, 3.63) is 111 Å². The van der Waals surface area contributed by atoms with Gasteiger partial charge in [-0.25, -0.2) is 0 Å². The molecule has 3 aliphatic rings. The fourth-order valence-corrected chi connectivity index (χ4v) is 5.01. The van der Waals surface area contributed by atoms with Gasteiger partial charge in [-0.2, -0.15) is 0 Å². The van der Waals surface area contributed by atoms with Crippen LogP contribution < -0.4 is 0 Å². The molecule has 0 spiro atoms. The Balaban J connectivity index is 1.69. The van der Waals surface area contributed by atoms with Crippen LogP contribution in [-0.2, 0) is 19.3 Å². The van der Waals surface area contributed by atoms with Crippen LogP contribution in [0, 0.1) is 0 Å². The summed E-state index contributed by atoms with van der Waals surface area (Å²) in [5, 5.41) is 0. The normalized spacial score (nSPS) is 18.6. The maximum absolute atomic E-state index is 2.50. The molecule has 0 saturated heterocycles. The van der Waals surface area contributed by atoms with Gasteiger partial charge < -0.3 is 0 Å². The van der Waals surface area contributed by atoms with Gasteiger partial charge >= 0.3 is 0 Å². The van der Waals surface area contributed by atoms with Crippen molar-refractivity contribution in [2.75, 3.05) is 0 Å². The lowest BCUT2D eigenvalue weighted by atomic mass is 9.67. The number of rotatable bonds is 0. The number of benzene rings is 3. The van der Waals surface area contributed by atoms with Crippen LogP contribution in [0.3, 0.4) is 0 Å². The van der Waals surface area contributed by atoms with E-state index in [9.17, 15) is 0 Å². The highest BCUT2D eigenvalue weighted by atomic mass is 14.4. The molecule has 0 heteroatoms. The minimum Gasteiger partial charge on any atom is -0.0795 e. The minimum atomic E-state index is 0.427. The summed E-state index contributed by atoms with van der Waals surface area (Å²) in [6.07, 6.45) is 7.83. The average Bonchev–Trinajstić information content (AvgIpc) is 3.07. The molecule has 0 aliphatic heterocycles. The van der Waals surface area contributed by atoms with Gasteiger partial charge in [0.1, 0.15) is 0 Å². The van der Waals surface area contributed by atoms with Gasteiger partial charge in [-0.1, -0.05) is 66.7 Å². The molecule has 24 heavy (non-hydrogen) atoms. The summed E-state index contributed by atoms with van der Waals surface area (Å²) in [6, 6.07) is 20.9. The molecule has 0 heterocycles. The molecular weight excluding hydrogens is 288 g/mol. The van der Waals surface area contributed by atoms with Crippen LogP contribution in [0.1, 0.15) is 56.0 Å². The zero-order valence-electron chi connectivity index (χ0n) is 13.5. The van der Waals surface area contributed by atoms with Gasteiger partial charge in [0.2, 0.25) is 0 Å². The Morgan fingerprint density at radius 3 is 2.38 bits per heavy atom. The first-order valence-electron chi connectivity index (χ1n) is 8.89. The predicted octanol–water partition coefficient (Wildman–Crippen LogP) is 5.24. The summed E-state index contributed by atoms with van der Waals surface area (Å²) in [5.41, 5.74) is 13.7. The fourth-order valence-electron chi connectivity index (χ4n) is 5.01. The van der Waals surface area contributed by atoms with Crippen LogP contribution in [0.25, 0.3) is 6.08 Å². The van der Waals surface area contributed by atoms with E-state index >= 15 is 0 Å². The average molecular weight is 306 g/mol. The first-order chi connectivity index (χ1) is 11.9.